The van der Waals surface area contributed by atoms with E-state index in [1.807, 2.05) is 6.26 Å². The highest BCUT2D eigenvalue weighted by atomic mass is 32.2. The van der Waals surface area contributed by atoms with Gasteiger partial charge in [-0.15, -0.1) is 11.8 Å². The molecule has 0 saturated carbocycles. The van der Waals surface area contributed by atoms with Crippen molar-refractivity contribution in [2.75, 3.05) is 6.26 Å². The smallest absolute Gasteiger partial charge is 0.0990 e. The van der Waals surface area contributed by atoms with E-state index in [1.54, 1.807) is 11.8 Å². The lowest BCUT2D eigenvalue weighted by Gasteiger charge is -2.06. The zero-order valence-corrected chi connectivity index (χ0v) is 9.91. The molecule has 0 fully saturated rings. The zero-order chi connectivity index (χ0) is 9.94. The second-order valence-corrected chi connectivity index (χ2v) is 4.62. The van der Waals surface area contributed by atoms with Crippen LogP contribution in [-0.4, -0.2) is 16.8 Å². The van der Waals surface area contributed by atoms with Gasteiger partial charge in [-0.2, -0.15) is 0 Å². The van der Waals surface area contributed by atoms with Crippen LogP contribution in [-0.2, 0) is 0 Å². The predicted octanol–water partition coefficient (Wildman–Crippen LogP) is 3.81. The van der Waals surface area contributed by atoms with Gasteiger partial charge in [0.2, 0.25) is 0 Å². The average molecular weight is 204 g/mol. The van der Waals surface area contributed by atoms with Gasteiger partial charge >= 0.3 is 0 Å². The van der Waals surface area contributed by atoms with Crippen LogP contribution in [0.3, 0.4) is 0 Å². The van der Waals surface area contributed by atoms with Crippen LogP contribution in [0.1, 0.15) is 58.3 Å². The Hall–Kier alpha value is 0.310. The Kier molecular flexibility index (Phi) is 10.6. The summed E-state index contributed by atoms with van der Waals surface area (Å²) in [4.78, 5) is 0. The minimum absolute atomic E-state index is 0.129. The number of unbranched alkanes of at least 4 members (excludes halogenated alkanes) is 6. The summed E-state index contributed by atoms with van der Waals surface area (Å²) in [6.07, 6.45) is 12.2. The van der Waals surface area contributed by atoms with Crippen LogP contribution in [0.25, 0.3) is 0 Å². The minimum atomic E-state index is -0.129. The second-order valence-electron chi connectivity index (χ2n) is 3.60. The van der Waals surface area contributed by atoms with Crippen LogP contribution in [0.15, 0.2) is 0 Å². The molecule has 2 heteroatoms. The van der Waals surface area contributed by atoms with Crippen molar-refractivity contribution in [3.8, 4) is 0 Å². The second kappa shape index (κ2) is 10.4. The molecule has 0 aromatic carbocycles. The number of hydrogen-bond acceptors (Lipinski definition) is 2. The van der Waals surface area contributed by atoms with Crippen molar-refractivity contribution in [1.29, 1.82) is 0 Å². The quantitative estimate of drug-likeness (QED) is 0.455. The number of hydrogen-bond donors (Lipinski definition) is 1. The van der Waals surface area contributed by atoms with E-state index in [2.05, 4.69) is 6.92 Å². The maximum absolute atomic E-state index is 9.26. The lowest BCUT2D eigenvalue weighted by Crippen LogP contribution is -1.98. The van der Waals surface area contributed by atoms with E-state index in [1.165, 1.54) is 44.9 Å². The molecule has 80 valence electrons. The van der Waals surface area contributed by atoms with Gasteiger partial charge in [-0.25, -0.2) is 0 Å². The molecular formula is C11H24OS. The maximum Gasteiger partial charge on any atom is 0.0990 e. The molecule has 0 rings (SSSR count). The number of aliphatic hydroxyl groups is 1. The van der Waals surface area contributed by atoms with E-state index in [4.69, 9.17) is 0 Å². The molecule has 0 aliphatic carbocycles. The predicted molar refractivity (Wildman–Crippen MR) is 62.1 cm³/mol. The van der Waals surface area contributed by atoms with Crippen molar-refractivity contribution >= 4 is 11.8 Å². The Balaban J connectivity index is 2.91. The third kappa shape index (κ3) is 10.2. The van der Waals surface area contributed by atoms with Gasteiger partial charge in [-0.3, -0.25) is 0 Å². The van der Waals surface area contributed by atoms with E-state index in [0.29, 0.717) is 0 Å². The molecule has 0 radical (unpaired) electrons. The molecule has 13 heavy (non-hydrogen) atoms. The summed E-state index contributed by atoms with van der Waals surface area (Å²) in [7, 11) is 0. The first kappa shape index (κ1) is 13.3. The van der Waals surface area contributed by atoms with Crippen molar-refractivity contribution < 1.29 is 5.11 Å². The van der Waals surface area contributed by atoms with Crippen LogP contribution in [0.5, 0.6) is 0 Å². The summed E-state index contributed by atoms with van der Waals surface area (Å²) in [6, 6.07) is 0. The van der Waals surface area contributed by atoms with Gasteiger partial charge in [0.1, 0.15) is 0 Å². The van der Waals surface area contributed by atoms with Gasteiger partial charge < -0.3 is 5.11 Å². The number of rotatable bonds is 9. The fourth-order valence-corrected chi connectivity index (χ4v) is 1.80. The first-order valence-corrected chi connectivity index (χ1v) is 6.81. The van der Waals surface area contributed by atoms with E-state index >= 15 is 0 Å². The maximum atomic E-state index is 9.26. The van der Waals surface area contributed by atoms with Gasteiger partial charge in [0.15, 0.2) is 0 Å². The fraction of sp³-hybridized carbons (Fsp3) is 1.00. The molecule has 1 atom stereocenters. The van der Waals surface area contributed by atoms with Crippen LogP contribution in [0, 0.1) is 0 Å². The SMILES string of the molecule is CCCCCCCCCC(O)SC. The van der Waals surface area contributed by atoms with Gasteiger partial charge in [-0.05, 0) is 12.7 Å². The summed E-state index contributed by atoms with van der Waals surface area (Å²) in [5, 5.41) is 9.26. The van der Waals surface area contributed by atoms with E-state index in [0.717, 1.165) is 6.42 Å². The molecule has 0 bridgehead atoms. The van der Waals surface area contributed by atoms with E-state index in [9.17, 15) is 5.11 Å². The normalized spacial score (nSPS) is 13.2. The van der Waals surface area contributed by atoms with Crippen molar-refractivity contribution in [2.45, 2.75) is 63.7 Å². The van der Waals surface area contributed by atoms with Crippen molar-refractivity contribution in [1.82, 2.24) is 0 Å². The van der Waals surface area contributed by atoms with Crippen LogP contribution < -0.4 is 0 Å². The third-order valence-electron chi connectivity index (χ3n) is 2.33. The summed E-state index contributed by atoms with van der Waals surface area (Å²) in [5.41, 5.74) is -0.129. The summed E-state index contributed by atoms with van der Waals surface area (Å²) >= 11 is 1.55. The zero-order valence-electron chi connectivity index (χ0n) is 9.09. The van der Waals surface area contributed by atoms with Crippen molar-refractivity contribution in [3.63, 3.8) is 0 Å². The molecule has 0 amide bonds. The first-order valence-electron chi connectivity index (χ1n) is 5.52. The highest BCUT2D eigenvalue weighted by molar-refractivity contribution is 7.99. The molecule has 0 spiro atoms. The molecule has 0 aromatic heterocycles. The first-order chi connectivity index (χ1) is 6.31. The summed E-state index contributed by atoms with van der Waals surface area (Å²) < 4.78 is 0. The monoisotopic (exact) mass is 204 g/mol. The molecule has 1 nitrogen and oxygen atoms in total. The lowest BCUT2D eigenvalue weighted by atomic mass is 10.1. The Morgan fingerprint density at radius 3 is 2.08 bits per heavy atom. The van der Waals surface area contributed by atoms with Crippen LogP contribution in [0.4, 0.5) is 0 Å². The standard InChI is InChI=1S/C11H24OS/c1-3-4-5-6-7-8-9-10-11(12)13-2/h11-12H,3-10H2,1-2H3. The lowest BCUT2D eigenvalue weighted by molar-refractivity contribution is 0.248. The van der Waals surface area contributed by atoms with Crippen molar-refractivity contribution in [3.05, 3.63) is 0 Å². The van der Waals surface area contributed by atoms with E-state index in [-0.39, 0.29) is 5.44 Å². The van der Waals surface area contributed by atoms with Crippen LogP contribution in [0.2, 0.25) is 0 Å². The topological polar surface area (TPSA) is 20.2 Å². The molecule has 1 N–H and O–H groups in total. The average Bonchev–Trinajstić information content (AvgIpc) is 2.16. The number of thioether (sulfide) groups is 1. The molecule has 1 unspecified atom stereocenters. The largest absolute Gasteiger partial charge is 0.382 e. The van der Waals surface area contributed by atoms with Gasteiger partial charge in [0, 0.05) is 0 Å². The highest BCUT2D eigenvalue weighted by Gasteiger charge is 1.99. The van der Waals surface area contributed by atoms with Gasteiger partial charge in [0.25, 0.3) is 0 Å². The molecule has 0 heterocycles. The summed E-state index contributed by atoms with van der Waals surface area (Å²) in [5.74, 6) is 0. The Labute approximate surface area is 87.3 Å². The Bertz CT molecular complexity index is 96.1. The number of aliphatic hydroxyl groups excluding tert-OH is 1. The Morgan fingerprint density at radius 2 is 1.54 bits per heavy atom. The molecule has 0 aliphatic rings. The molecule has 0 aromatic rings. The summed E-state index contributed by atoms with van der Waals surface area (Å²) in [6.45, 7) is 2.24. The van der Waals surface area contributed by atoms with Crippen LogP contribution >= 0.6 is 11.8 Å². The van der Waals surface area contributed by atoms with Crippen molar-refractivity contribution in [2.24, 2.45) is 0 Å². The minimum Gasteiger partial charge on any atom is -0.382 e. The Morgan fingerprint density at radius 1 is 1.00 bits per heavy atom. The highest BCUT2D eigenvalue weighted by Crippen LogP contribution is 2.13. The molecular weight excluding hydrogens is 180 g/mol. The third-order valence-corrected chi connectivity index (χ3v) is 3.11. The van der Waals surface area contributed by atoms with E-state index < -0.39 is 0 Å². The van der Waals surface area contributed by atoms with Gasteiger partial charge in [-0.1, -0.05) is 51.9 Å². The molecule has 0 aliphatic heterocycles. The fourth-order valence-electron chi connectivity index (χ4n) is 1.39. The molecule has 0 saturated heterocycles. The van der Waals surface area contributed by atoms with Gasteiger partial charge in [0.05, 0.1) is 5.44 Å².